The monoisotopic (exact) mass is 196 g/mol. The number of likely N-dealkylation sites (tertiary alicyclic amines) is 1. The number of nitrogens with zero attached hydrogens (tertiary/aromatic N) is 1. The number of amides is 1. The zero-order chi connectivity index (χ0) is 10.1. The summed E-state index contributed by atoms with van der Waals surface area (Å²) in [4.78, 5) is 14.0. The van der Waals surface area contributed by atoms with Crippen LogP contribution in [0.3, 0.4) is 0 Å². The van der Waals surface area contributed by atoms with Gasteiger partial charge in [-0.05, 0) is 31.2 Å². The molecule has 0 saturated carbocycles. The molecule has 0 aromatic rings. The quantitative estimate of drug-likeness (QED) is 0.674. The van der Waals surface area contributed by atoms with Crippen molar-refractivity contribution in [1.29, 1.82) is 0 Å². The standard InChI is InChI=1S/C11H20N2O/c1-8-5-9(2)7-13(6-8)11(14)10-3-4-12-10/h8-10,12H,3-7H2,1-2H3/t8?,9?,10-/m1/s1. The number of carbonyl (C=O) groups excluding carboxylic acids is 1. The summed E-state index contributed by atoms with van der Waals surface area (Å²) in [7, 11) is 0. The number of carbonyl (C=O) groups is 1. The van der Waals surface area contributed by atoms with Gasteiger partial charge in [0.1, 0.15) is 0 Å². The molecule has 2 saturated heterocycles. The minimum absolute atomic E-state index is 0.132. The van der Waals surface area contributed by atoms with E-state index >= 15 is 0 Å². The van der Waals surface area contributed by atoms with Gasteiger partial charge in [0.15, 0.2) is 0 Å². The summed E-state index contributed by atoms with van der Waals surface area (Å²) in [6.07, 6.45) is 2.29. The normalized spacial score (nSPS) is 37.9. The van der Waals surface area contributed by atoms with E-state index in [0.29, 0.717) is 17.7 Å². The molecule has 3 atom stereocenters. The van der Waals surface area contributed by atoms with Gasteiger partial charge in [-0.2, -0.15) is 0 Å². The third kappa shape index (κ3) is 1.92. The van der Waals surface area contributed by atoms with Crippen LogP contribution in [0.4, 0.5) is 0 Å². The van der Waals surface area contributed by atoms with E-state index in [2.05, 4.69) is 24.1 Å². The number of rotatable bonds is 1. The maximum Gasteiger partial charge on any atom is 0.239 e. The Morgan fingerprint density at radius 2 is 1.86 bits per heavy atom. The molecule has 14 heavy (non-hydrogen) atoms. The van der Waals surface area contributed by atoms with E-state index in [1.165, 1.54) is 6.42 Å². The lowest BCUT2D eigenvalue weighted by atomic mass is 9.91. The molecule has 1 N–H and O–H groups in total. The van der Waals surface area contributed by atoms with Crippen LogP contribution in [0.1, 0.15) is 26.7 Å². The van der Waals surface area contributed by atoms with E-state index in [1.54, 1.807) is 0 Å². The SMILES string of the molecule is CC1CC(C)CN(C(=O)[C@H]2CCN2)C1. The molecule has 0 aromatic carbocycles. The predicted molar refractivity (Wildman–Crippen MR) is 55.9 cm³/mol. The topological polar surface area (TPSA) is 32.3 Å². The Labute approximate surface area is 85.8 Å². The van der Waals surface area contributed by atoms with E-state index in [1.807, 2.05) is 0 Å². The van der Waals surface area contributed by atoms with Gasteiger partial charge in [-0.15, -0.1) is 0 Å². The van der Waals surface area contributed by atoms with Crippen molar-refractivity contribution in [3.63, 3.8) is 0 Å². The lowest BCUT2D eigenvalue weighted by Crippen LogP contribution is -2.56. The molecule has 2 aliphatic heterocycles. The van der Waals surface area contributed by atoms with Crippen molar-refractivity contribution in [2.45, 2.75) is 32.7 Å². The molecule has 2 unspecified atom stereocenters. The second-order valence-electron chi connectivity index (χ2n) is 4.98. The summed E-state index contributed by atoms with van der Waals surface area (Å²) in [6, 6.07) is 0.132. The van der Waals surface area contributed by atoms with Crippen LogP contribution in [0.2, 0.25) is 0 Å². The van der Waals surface area contributed by atoms with Gasteiger partial charge in [0.2, 0.25) is 5.91 Å². The Balaban J connectivity index is 1.92. The summed E-state index contributed by atoms with van der Waals surface area (Å²) < 4.78 is 0. The van der Waals surface area contributed by atoms with E-state index in [-0.39, 0.29) is 6.04 Å². The lowest BCUT2D eigenvalue weighted by molar-refractivity contribution is -0.137. The fraction of sp³-hybridized carbons (Fsp3) is 0.909. The first-order chi connectivity index (χ1) is 6.66. The highest BCUT2D eigenvalue weighted by Crippen LogP contribution is 2.22. The van der Waals surface area contributed by atoms with Crippen molar-refractivity contribution in [3.8, 4) is 0 Å². The fourth-order valence-corrected chi connectivity index (χ4v) is 2.56. The molecule has 2 fully saturated rings. The molecular formula is C11H20N2O. The molecule has 2 heterocycles. The Kier molecular flexibility index (Phi) is 2.77. The highest BCUT2D eigenvalue weighted by molar-refractivity contribution is 5.82. The Hall–Kier alpha value is -0.570. The average molecular weight is 196 g/mol. The maximum absolute atomic E-state index is 11.9. The molecule has 2 aliphatic rings. The van der Waals surface area contributed by atoms with Gasteiger partial charge in [-0.1, -0.05) is 13.8 Å². The predicted octanol–water partition coefficient (Wildman–Crippen LogP) is 0.853. The Morgan fingerprint density at radius 3 is 2.29 bits per heavy atom. The van der Waals surface area contributed by atoms with Gasteiger partial charge in [0.05, 0.1) is 6.04 Å². The van der Waals surface area contributed by atoms with E-state index < -0.39 is 0 Å². The third-order valence-corrected chi connectivity index (χ3v) is 3.30. The zero-order valence-corrected chi connectivity index (χ0v) is 9.12. The van der Waals surface area contributed by atoms with E-state index in [9.17, 15) is 4.79 Å². The van der Waals surface area contributed by atoms with Crippen LogP contribution in [0.15, 0.2) is 0 Å². The smallest absolute Gasteiger partial charge is 0.239 e. The summed E-state index contributed by atoms with van der Waals surface area (Å²) in [5.41, 5.74) is 0. The summed E-state index contributed by atoms with van der Waals surface area (Å²) in [6.45, 7) is 7.41. The van der Waals surface area contributed by atoms with Gasteiger partial charge in [0.25, 0.3) is 0 Å². The molecule has 1 amide bonds. The first-order valence-corrected chi connectivity index (χ1v) is 5.69. The third-order valence-electron chi connectivity index (χ3n) is 3.30. The number of nitrogens with one attached hydrogen (secondary N) is 1. The van der Waals surface area contributed by atoms with E-state index in [4.69, 9.17) is 0 Å². The van der Waals surface area contributed by atoms with E-state index in [0.717, 1.165) is 26.1 Å². The van der Waals surface area contributed by atoms with Gasteiger partial charge < -0.3 is 10.2 Å². The lowest BCUT2D eigenvalue weighted by Gasteiger charge is -2.39. The first-order valence-electron chi connectivity index (χ1n) is 5.69. The van der Waals surface area contributed by atoms with Crippen molar-refractivity contribution in [3.05, 3.63) is 0 Å². The number of piperidine rings is 1. The number of hydrogen-bond acceptors (Lipinski definition) is 2. The average Bonchev–Trinajstić information content (AvgIpc) is 1.98. The van der Waals surface area contributed by atoms with Crippen molar-refractivity contribution < 1.29 is 4.79 Å². The summed E-state index contributed by atoms with van der Waals surface area (Å²) in [5, 5.41) is 3.18. The molecule has 0 aromatic heterocycles. The summed E-state index contributed by atoms with van der Waals surface area (Å²) in [5.74, 6) is 1.67. The molecule has 0 spiro atoms. The molecule has 0 bridgehead atoms. The fourth-order valence-electron chi connectivity index (χ4n) is 2.56. The zero-order valence-electron chi connectivity index (χ0n) is 9.12. The minimum atomic E-state index is 0.132. The Morgan fingerprint density at radius 1 is 1.29 bits per heavy atom. The van der Waals surface area contributed by atoms with Crippen LogP contribution in [0, 0.1) is 11.8 Å². The van der Waals surface area contributed by atoms with Crippen LogP contribution in [-0.4, -0.2) is 36.5 Å². The second-order valence-corrected chi connectivity index (χ2v) is 4.98. The van der Waals surface area contributed by atoms with Crippen LogP contribution < -0.4 is 5.32 Å². The van der Waals surface area contributed by atoms with Crippen LogP contribution >= 0.6 is 0 Å². The van der Waals surface area contributed by atoms with Gasteiger partial charge in [-0.25, -0.2) is 0 Å². The van der Waals surface area contributed by atoms with Gasteiger partial charge >= 0.3 is 0 Å². The molecule has 0 aliphatic carbocycles. The van der Waals surface area contributed by atoms with Crippen LogP contribution in [-0.2, 0) is 4.79 Å². The van der Waals surface area contributed by atoms with Crippen molar-refractivity contribution >= 4 is 5.91 Å². The molecule has 80 valence electrons. The molecule has 2 rings (SSSR count). The largest absolute Gasteiger partial charge is 0.341 e. The molecule has 3 heteroatoms. The van der Waals surface area contributed by atoms with Crippen molar-refractivity contribution in [2.75, 3.05) is 19.6 Å². The van der Waals surface area contributed by atoms with Crippen molar-refractivity contribution in [2.24, 2.45) is 11.8 Å². The highest BCUT2D eigenvalue weighted by Gasteiger charge is 2.32. The molecule has 0 radical (unpaired) electrons. The van der Waals surface area contributed by atoms with Gasteiger partial charge in [0, 0.05) is 13.1 Å². The Bertz CT molecular complexity index is 215. The molecule has 3 nitrogen and oxygen atoms in total. The van der Waals surface area contributed by atoms with Crippen LogP contribution in [0.5, 0.6) is 0 Å². The van der Waals surface area contributed by atoms with Gasteiger partial charge in [-0.3, -0.25) is 4.79 Å². The summed E-state index contributed by atoms with van der Waals surface area (Å²) >= 11 is 0. The maximum atomic E-state index is 11.9. The minimum Gasteiger partial charge on any atom is -0.341 e. The highest BCUT2D eigenvalue weighted by atomic mass is 16.2. The van der Waals surface area contributed by atoms with Crippen molar-refractivity contribution in [1.82, 2.24) is 10.2 Å². The molecular weight excluding hydrogens is 176 g/mol. The second kappa shape index (κ2) is 3.89. The first kappa shape index (κ1) is 9.97. The number of hydrogen-bond donors (Lipinski definition) is 1. The van der Waals surface area contributed by atoms with Crippen LogP contribution in [0.25, 0.3) is 0 Å².